The summed E-state index contributed by atoms with van der Waals surface area (Å²) in [6.45, 7) is 5.92. The van der Waals surface area contributed by atoms with Crippen molar-refractivity contribution in [2.75, 3.05) is 0 Å². The second kappa shape index (κ2) is 4.25. The molecule has 2 rings (SSSR count). The van der Waals surface area contributed by atoms with Crippen LogP contribution in [0.25, 0.3) is 11.3 Å². The zero-order valence-corrected chi connectivity index (χ0v) is 10.6. The van der Waals surface area contributed by atoms with E-state index in [9.17, 15) is 9.90 Å². The topological polar surface area (TPSA) is 68.0 Å². The van der Waals surface area contributed by atoms with Gasteiger partial charge in [-0.05, 0) is 32.9 Å². The molecule has 2 aromatic rings. The molecule has 0 bridgehead atoms. The van der Waals surface area contributed by atoms with Gasteiger partial charge in [0.15, 0.2) is 0 Å². The Hall–Kier alpha value is -2.17. The van der Waals surface area contributed by atoms with Crippen LogP contribution in [0.15, 0.2) is 30.7 Å². The van der Waals surface area contributed by atoms with E-state index in [0.29, 0.717) is 5.69 Å². The molecule has 0 aliphatic carbocycles. The summed E-state index contributed by atoms with van der Waals surface area (Å²) in [5.41, 5.74) is 1.18. The second-order valence-corrected chi connectivity index (χ2v) is 5.05. The zero-order chi connectivity index (χ0) is 13.3. The van der Waals surface area contributed by atoms with Crippen molar-refractivity contribution in [2.24, 2.45) is 0 Å². The minimum absolute atomic E-state index is 0.205. The third kappa shape index (κ3) is 2.25. The van der Waals surface area contributed by atoms with E-state index in [1.54, 1.807) is 35.4 Å². The molecule has 18 heavy (non-hydrogen) atoms. The maximum absolute atomic E-state index is 11.3. The smallest absolute Gasteiger partial charge is 0.339 e. The third-order valence-corrected chi connectivity index (χ3v) is 2.59. The highest BCUT2D eigenvalue weighted by molar-refractivity contribution is 5.94. The number of hydrogen-bond acceptors (Lipinski definition) is 3. The molecule has 0 fully saturated rings. The number of aromatic carboxylic acids is 1. The summed E-state index contributed by atoms with van der Waals surface area (Å²) >= 11 is 0. The zero-order valence-electron chi connectivity index (χ0n) is 10.6. The molecule has 0 radical (unpaired) electrons. The molecule has 0 atom stereocenters. The van der Waals surface area contributed by atoms with Gasteiger partial charge in [0, 0.05) is 24.2 Å². The summed E-state index contributed by atoms with van der Waals surface area (Å²) in [6, 6.07) is 3.50. The first kappa shape index (κ1) is 12.3. The van der Waals surface area contributed by atoms with Gasteiger partial charge in [0.25, 0.3) is 0 Å². The first-order valence-corrected chi connectivity index (χ1v) is 5.63. The van der Waals surface area contributed by atoms with E-state index in [1.165, 1.54) is 0 Å². The largest absolute Gasteiger partial charge is 0.478 e. The summed E-state index contributed by atoms with van der Waals surface area (Å²) in [5.74, 6) is -0.975. The first-order valence-electron chi connectivity index (χ1n) is 5.63. The lowest BCUT2D eigenvalue weighted by Crippen LogP contribution is -2.22. The minimum Gasteiger partial charge on any atom is -0.478 e. The van der Waals surface area contributed by atoms with Crippen LogP contribution in [0.5, 0.6) is 0 Å². The molecule has 2 heterocycles. The number of aromatic nitrogens is 3. The summed E-state index contributed by atoms with van der Waals surface area (Å²) in [6.07, 6.45) is 4.81. The molecule has 0 aliphatic rings. The number of carboxylic acids is 1. The van der Waals surface area contributed by atoms with Gasteiger partial charge < -0.3 is 5.11 Å². The molecule has 0 spiro atoms. The van der Waals surface area contributed by atoms with Crippen LogP contribution in [-0.2, 0) is 5.54 Å². The fourth-order valence-corrected chi connectivity index (χ4v) is 1.60. The second-order valence-electron chi connectivity index (χ2n) is 5.05. The van der Waals surface area contributed by atoms with Crippen LogP contribution in [0, 0.1) is 0 Å². The maximum atomic E-state index is 11.3. The molecule has 5 heteroatoms. The van der Waals surface area contributed by atoms with Crippen LogP contribution in [0.2, 0.25) is 0 Å². The molecule has 94 valence electrons. The average molecular weight is 245 g/mol. The van der Waals surface area contributed by atoms with Crippen molar-refractivity contribution in [3.05, 3.63) is 36.3 Å². The van der Waals surface area contributed by atoms with E-state index in [-0.39, 0.29) is 11.1 Å². The maximum Gasteiger partial charge on any atom is 0.339 e. The Morgan fingerprint density at radius 1 is 1.28 bits per heavy atom. The lowest BCUT2D eigenvalue weighted by atomic mass is 10.1. The van der Waals surface area contributed by atoms with Crippen LogP contribution in [0.3, 0.4) is 0 Å². The highest BCUT2D eigenvalue weighted by atomic mass is 16.4. The van der Waals surface area contributed by atoms with Gasteiger partial charge in [-0.25, -0.2) is 4.79 Å². The van der Waals surface area contributed by atoms with Crippen molar-refractivity contribution >= 4 is 5.97 Å². The van der Waals surface area contributed by atoms with Crippen molar-refractivity contribution in [3.63, 3.8) is 0 Å². The van der Waals surface area contributed by atoms with Gasteiger partial charge in [0.1, 0.15) is 11.3 Å². The van der Waals surface area contributed by atoms with E-state index in [2.05, 4.69) is 10.1 Å². The Balaban J connectivity index is 2.60. The lowest BCUT2D eigenvalue weighted by molar-refractivity contribution is 0.0697. The van der Waals surface area contributed by atoms with Gasteiger partial charge in [-0.15, -0.1) is 0 Å². The van der Waals surface area contributed by atoms with Gasteiger partial charge >= 0.3 is 5.97 Å². The van der Waals surface area contributed by atoms with Gasteiger partial charge in [-0.2, -0.15) is 5.10 Å². The van der Waals surface area contributed by atoms with Gasteiger partial charge in [0.2, 0.25) is 0 Å². The molecule has 0 amide bonds. The number of nitrogens with zero attached hydrogens (tertiary/aromatic N) is 3. The Bertz CT molecular complexity index is 568. The van der Waals surface area contributed by atoms with E-state index < -0.39 is 5.97 Å². The Morgan fingerprint density at radius 2 is 1.89 bits per heavy atom. The van der Waals surface area contributed by atoms with Crippen molar-refractivity contribution in [1.29, 1.82) is 0 Å². The van der Waals surface area contributed by atoms with Crippen LogP contribution in [0.4, 0.5) is 0 Å². The highest BCUT2D eigenvalue weighted by Crippen LogP contribution is 2.24. The Kier molecular flexibility index (Phi) is 2.90. The van der Waals surface area contributed by atoms with Crippen LogP contribution < -0.4 is 0 Å². The fraction of sp³-hybridized carbons (Fsp3) is 0.308. The molecule has 0 saturated heterocycles. The monoisotopic (exact) mass is 245 g/mol. The molecule has 0 saturated carbocycles. The predicted molar refractivity (Wildman–Crippen MR) is 67.4 cm³/mol. The Morgan fingerprint density at radius 3 is 2.39 bits per heavy atom. The molecule has 0 aliphatic heterocycles. The minimum atomic E-state index is -0.975. The SMILES string of the molecule is CC(C)(C)n1cc(C(=O)O)c(-c2ccncc2)n1. The van der Waals surface area contributed by atoms with E-state index in [0.717, 1.165) is 5.56 Å². The summed E-state index contributed by atoms with van der Waals surface area (Å²) in [4.78, 5) is 15.2. The van der Waals surface area contributed by atoms with Crippen LogP contribution in [0.1, 0.15) is 31.1 Å². The highest BCUT2D eigenvalue weighted by Gasteiger charge is 2.22. The summed E-state index contributed by atoms with van der Waals surface area (Å²) in [5, 5.41) is 13.6. The Labute approximate surface area is 105 Å². The molecule has 0 unspecified atom stereocenters. The number of carbonyl (C=O) groups is 1. The standard InChI is InChI=1S/C13H15N3O2/c1-13(2,3)16-8-10(12(17)18)11(15-16)9-4-6-14-7-5-9/h4-8H,1-3H3,(H,17,18). The fourth-order valence-electron chi connectivity index (χ4n) is 1.60. The van der Waals surface area contributed by atoms with E-state index in [1.807, 2.05) is 20.8 Å². The molecule has 0 aromatic carbocycles. The summed E-state index contributed by atoms with van der Waals surface area (Å²) < 4.78 is 1.67. The van der Waals surface area contributed by atoms with Crippen LogP contribution >= 0.6 is 0 Å². The normalized spacial score (nSPS) is 11.5. The molecule has 5 nitrogen and oxygen atoms in total. The summed E-state index contributed by atoms with van der Waals surface area (Å²) in [7, 11) is 0. The third-order valence-electron chi connectivity index (χ3n) is 2.59. The van der Waals surface area contributed by atoms with Crippen LogP contribution in [-0.4, -0.2) is 25.8 Å². The predicted octanol–water partition coefficient (Wildman–Crippen LogP) is 2.40. The van der Waals surface area contributed by atoms with Gasteiger partial charge in [-0.1, -0.05) is 0 Å². The quantitative estimate of drug-likeness (QED) is 0.882. The molecular weight excluding hydrogens is 230 g/mol. The first-order chi connectivity index (χ1) is 8.39. The average Bonchev–Trinajstić information content (AvgIpc) is 2.74. The van der Waals surface area contributed by atoms with E-state index >= 15 is 0 Å². The lowest BCUT2D eigenvalue weighted by Gasteiger charge is -2.18. The molecule has 1 N–H and O–H groups in total. The van der Waals surface area contributed by atoms with Gasteiger partial charge in [0.05, 0.1) is 5.54 Å². The van der Waals surface area contributed by atoms with Crippen molar-refractivity contribution in [1.82, 2.24) is 14.8 Å². The molecular formula is C13H15N3O2. The number of hydrogen-bond donors (Lipinski definition) is 1. The molecule has 2 aromatic heterocycles. The number of rotatable bonds is 2. The van der Waals surface area contributed by atoms with Crippen molar-refractivity contribution in [2.45, 2.75) is 26.3 Å². The van der Waals surface area contributed by atoms with Gasteiger partial charge in [-0.3, -0.25) is 9.67 Å². The van der Waals surface area contributed by atoms with E-state index in [4.69, 9.17) is 0 Å². The number of carboxylic acid groups (broad SMARTS) is 1. The number of pyridine rings is 1. The van der Waals surface area contributed by atoms with Crippen molar-refractivity contribution < 1.29 is 9.90 Å². The van der Waals surface area contributed by atoms with Crippen molar-refractivity contribution in [3.8, 4) is 11.3 Å².